The standard InChI is InChI=1S/C12H24N2O2/c1-3-12(13,4-2)11(16)14(8-9-15)10-6-5-7-10/h10,15H,3-9,13H2,1-2H3. The van der Waals surface area contributed by atoms with Crippen molar-refractivity contribution in [3.8, 4) is 0 Å². The Kier molecular flexibility index (Phi) is 4.74. The van der Waals surface area contributed by atoms with E-state index in [4.69, 9.17) is 10.8 Å². The molecule has 0 aliphatic heterocycles. The van der Waals surface area contributed by atoms with E-state index < -0.39 is 5.54 Å². The summed E-state index contributed by atoms with van der Waals surface area (Å²) in [7, 11) is 0. The van der Waals surface area contributed by atoms with Crippen LogP contribution in [0.4, 0.5) is 0 Å². The van der Waals surface area contributed by atoms with Crippen molar-refractivity contribution in [2.45, 2.75) is 57.5 Å². The summed E-state index contributed by atoms with van der Waals surface area (Å²) in [5.74, 6) is 0.0104. The van der Waals surface area contributed by atoms with E-state index in [1.165, 1.54) is 6.42 Å². The quantitative estimate of drug-likeness (QED) is 0.709. The Morgan fingerprint density at radius 2 is 2.00 bits per heavy atom. The van der Waals surface area contributed by atoms with Gasteiger partial charge in [0.25, 0.3) is 0 Å². The van der Waals surface area contributed by atoms with Crippen LogP contribution >= 0.6 is 0 Å². The third-order valence-electron chi connectivity index (χ3n) is 3.80. The van der Waals surface area contributed by atoms with Gasteiger partial charge in [-0.25, -0.2) is 0 Å². The molecule has 4 nitrogen and oxygen atoms in total. The second kappa shape index (κ2) is 5.64. The second-order valence-electron chi connectivity index (χ2n) is 4.67. The molecule has 3 N–H and O–H groups in total. The lowest BCUT2D eigenvalue weighted by Crippen LogP contribution is -2.59. The number of rotatable bonds is 6. The van der Waals surface area contributed by atoms with E-state index in [1.807, 2.05) is 13.8 Å². The van der Waals surface area contributed by atoms with Crippen molar-refractivity contribution in [2.75, 3.05) is 13.2 Å². The number of aliphatic hydroxyl groups excluding tert-OH is 1. The van der Waals surface area contributed by atoms with E-state index in [-0.39, 0.29) is 12.5 Å². The Labute approximate surface area is 97.8 Å². The minimum Gasteiger partial charge on any atom is -0.395 e. The van der Waals surface area contributed by atoms with Gasteiger partial charge >= 0.3 is 0 Å². The van der Waals surface area contributed by atoms with Gasteiger partial charge < -0.3 is 15.7 Å². The molecule has 0 spiro atoms. The Hall–Kier alpha value is -0.610. The molecule has 94 valence electrons. The van der Waals surface area contributed by atoms with Crippen LogP contribution in [0.5, 0.6) is 0 Å². The topological polar surface area (TPSA) is 66.6 Å². The minimum absolute atomic E-state index is 0.0104. The molecule has 0 unspecified atom stereocenters. The molecule has 1 saturated carbocycles. The Bertz CT molecular complexity index is 235. The molecule has 1 rings (SSSR count). The Balaban J connectivity index is 2.72. The van der Waals surface area contributed by atoms with Crippen LogP contribution in [0.15, 0.2) is 0 Å². The van der Waals surface area contributed by atoms with Gasteiger partial charge in [0, 0.05) is 12.6 Å². The van der Waals surface area contributed by atoms with E-state index in [0.29, 0.717) is 25.4 Å². The van der Waals surface area contributed by atoms with Gasteiger partial charge in [-0.1, -0.05) is 13.8 Å². The summed E-state index contributed by atoms with van der Waals surface area (Å²) >= 11 is 0. The molecule has 16 heavy (non-hydrogen) atoms. The maximum Gasteiger partial charge on any atom is 0.242 e. The number of amides is 1. The first-order chi connectivity index (χ1) is 7.59. The summed E-state index contributed by atoms with van der Waals surface area (Å²) in [6.07, 6.45) is 4.58. The van der Waals surface area contributed by atoms with E-state index in [2.05, 4.69) is 0 Å². The average molecular weight is 228 g/mol. The van der Waals surface area contributed by atoms with Crippen LogP contribution in [0.1, 0.15) is 46.0 Å². The highest BCUT2D eigenvalue weighted by Crippen LogP contribution is 2.27. The highest BCUT2D eigenvalue weighted by Gasteiger charge is 2.38. The summed E-state index contributed by atoms with van der Waals surface area (Å²) in [4.78, 5) is 14.1. The van der Waals surface area contributed by atoms with Crippen LogP contribution in [0.25, 0.3) is 0 Å². The highest BCUT2D eigenvalue weighted by molar-refractivity contribution is 5.86. The van der Waals surface area contributed by atoms with Gasteiger partial charge in [-0.2, -0.15) is 0 Å². The molecule has 4 heteroatoms. The van der Waals surface area contributed by atoms with Crippen LogP contribution in [0, 0.1) is 0 Å². The summed E-state index contributed by atoms with van der Waals surface area (Å²) in [5.41, 5.74) is 5.37. The van der Waals surface area contributed by atoms with Gasteiger partial charge in [0.1, 0.15) is 0 Å². The fourth-order valence-corrected chi connectivity index (χ4v) is 2.09. The first-order valence-corrected chi connectivity index (χ1v) is 6.29. The molecule has 0 atom stereocenters. The number of hydrogen-bond donors (Lipinski definition) is 2. The third kappa shape index (κ3) is 2.55. The summed E-state index contributed by atoms with van der Waals surface area (Å²) < 4.78 is 0. The summed E-state index contributed by atoms with van der Waals surface area (Å²) in [6, 6.07) is 0.306. The van der Waals surface area contributed by atoms with Gasteiger partial charge in [-0.3, -0.25) is 4.79 Å². The maximum absolute atomic E-state index is 12.3. The predicted molar refractivity (Wildman–Crippen MR) is 63.9 cm³/mol. The number of nitrogens with two attached hydrogens (primary N) is 1. The zero-order valence-electron chi connectivity index (χ0n) is 10.4. The van der Waals surface area contributed by atoms with Crippen molar-refractivity contribution >= 4 is 5.91 Å². The van der Waals surface area contributed by atoms with Crippen LogP contribution in [-0.4, -0.2) is 40.6 Å². The van der Waals surface area contributed by atoms with Gasteiger partial charge in [-0.15, -0.1) is 0 Å². The van der Waals surface area contributed by atoms with Gasteiger partial charge in [0.05, 0.1) is 12.1 Å². The first-order valence-electron chi connectivity index (χ1n) is 6.29. The molecular formula is C12H24N2O2. The monoisotopic (exact) mass is 228 g/mol. The molecule has 1 fully saturated rings. The Morgan fingerprint density at radius 3 is 2.31 bits per heavy atom. The molecule has 1 aliphatic carbocycles. The average Bonchev–Trinajstić information content (AvgIpc) is 2.24. The predicted octanol–water partition coefficient (Wildman–Crippen LogP) is 0.877. The number of carbonyl (C=O) groups is 1. The molecule has 0 saturated heterocycles. The molecule has 0 radical (unpaired) electrons. The maximum atomic E-state index is 12.3. The van der Waals surface area contributed by atoms with Crippen molar-refractivity contribution in [1.29, 1.82) is 0 Å². The lowest BCUT2D eigenvalue weighted by atomic mass is 9.87. The van der Waals surface area contributed by atoms with E-state index in [9.17, 15) is 4.79 Å². The Morgan fingerprint density at radius 1 is 1.44 bits per heavy atom. The fraction of sp³-hybridized carbons (Fsp3) is 0.917. The normalized spacial score (nSPS) is 17.0. The molecule has 0 aromatic heterocycles. The van der Waals surface area contributed by atoms with Crippen molar-refractivity contribution < 1.29 is 9.90 Å². The highest BCUT2D eigenvalue weighted by atomic mass is 16.3. The van der Waals surface area contributed by atoms with Crippen molar-refractivity contribution in [3.05, 3.63) is 0 Å². The molecule has 0 bridgehead atoms. The lowest BCUT2D eigenvalue weighted by molar-refractivity contribution is -0.142. The SMILES string of the molecule is CCC(N)(CC)C(=O)N(CCO)C1CCC1. The van der Waals surface area contributed by atoms with E-state index in [0.717, 1.165) is 12.8 Å². The fourth-order valence-electron chi connectivity index (χ4n) is 2.09. The van der Waals surface area contributed by atoms with Crippen molar-refractivity contribution in [3.63, 3.8) is 0 Å². The number of nitrogens with zero attached hydrogens (tertiary/aromatic N) is 1. The van der Waals surface area contributed by atoms with Gasteiger partial charge in [0.2, 0.25) is 5.91 Å². The third-order valence-corrected chi connectivity index (χ3v) is 3.80. The zero-order valence-corrected chi connectivity index (χ0v) is 10.4. The van der Waals surface area contributed by atoms with Crippen LogP contribution < -0.4 is 5.73 Å². The molecule has 0 aromatic rings. The molecule has 0 aromatic carbocycles. The molecule has 0 heterocycles. The van der Waals surface area contributed by atoms with Crippen LogP contribution in [0.2, 0.25) is 0 Å². The number of aliphatic hydroxyl groups is 1. The molecular weight excluding hydrogens is 204 g/mol. The molecule has 1 aliphatic rings. The van der Waals surface area contributed by atoms with Crippen molar-refractivity contribution in [1.82, 2.24) is 4.90 Å². The zero-order chi connectivity index (χ0) is 12.2. The van der Waals surface area contributed by atoms with Gasteiger partial charge in [0.15, 0.2) is 0 Å². The smallest absolute Gasteiger partial charge is 0.242 e. The largest absolute Gasteiger partial charge is 0.395 e. The number of hydrogen-bond acceptors (Lipinski definition) is 3. The number of carbonyl (C=O) groups excluding carboxylic acids is 1. The lowest BCUT2D eigenvalue weighted by Gasteiger charge is -2.41. The van der Waals surface area contributed by atoms with E-state index >= 15 is 0 Å². The van der Waals surface area contributed by atoms with Crippen LogP contribution in [0.3, 0.4) is 0 Å². The minimum atomic E-state index is -0.745. The second-order valence-corrected chi connectivity index (χ2v) is 4.67. The first kappa shape index (κ1) is 13.5. The van der Waals surface area contributed by atoms with Crippen LogP contribution in [-0.2, 0) is 4.79 Å². The van der Waals surface area contributed by atoms with E-state index in [1.54, 1.807) is 4.90 Å². The summed E-state index contributed by atoms with van der Waals surface area (Å²) in [6.45, 7) is 4.33. The summed E-state index contributed by atoms with van der Waals surface area (Å²) in [5, 5.41) is 9.03. The molecule has 1 amide bonds. The van der Waals surface area contributed by atoms with Gasteiger partial charge in [-0.05, 0) is 32.1 Å². The van der Waals surface area contributed by atoms with Crippen molar-refractivity contribution in [2.24, 2.45) is 5.73 Å².